The van der Waals surface area contributed by atoms with Crippen molar-refractivity contribution < 1.29 is 17.9 Å². The molecule has 0 atom stereocenters. The van der Waals surface area contributed by atoms with Gasteiger partial charge in [-0.25, -0.2) is 8.42 Å². The monoisotopic (exact) mass is 365 g/mol. The van der Waals surface area contributed by atoms with Gasteiger partial charge < -0.3 is 4.74 Å². The summed E-state index contributed by atoms with van der Waals surface area (Å²) < 4.78 is 31.6. The van der Waals surface area contributed by atoms with Crippen LogP contribution >= 0.6 is 11.6 Å². The van der Waals surface area contributed by atoms with E-state index >= 15 is 0 Å². The highest BCUT2D eigenvalue weighted by Crippen LogP contribution is 2.31. The number of anilines is 1. The maximum atomic E-state index is 12.6. The molecule has 0 heterocycles. The first kappa shape index (κ1) is 16.8. The van der Waals surface area contributed by atoms with Crippen molar-refractivity contribution >= 4 is 33.3 Å². The second kappa shape index (κ2) is 6.45. The van der Waals surface area contributed by atoms with Gasteiger partial charge in [-0.1, -0.05) is 11.6 Å². The zero-order chi connectivity index (χ0) is 17.3. The Labute approximate surface area is 145 Å². The third kappa shape index (κ3) is 3.55. The Hall–Kier alpha value is -2.05. The number of esters is 1. The molecule has 1 aliphatic carbocycles. The smallest absolute Gasteiger partial charge is 0.314 e. The number of hydrogen-bond donors (Lipinski definition) is 0. The van der Waals surface area contributed by atoms with E-state index in [0.717, 1.165) is 12.8 Å². The molecule has 3 rings (SSSR count). The summed E-state index contributed by atoms with van der Waals surface area (Å²) in [6.07, 6.45) is 1.75. The molecule has 0 bridgehead atoms. The maximum Gasteiger partial charge on any atom is 0.314 e. The predicted octanol–water partition coefficient (Wildman–Crippen LogP) is 3.48. The highest BCUT2D eigenvalue weighted by Gasteiger charge is 2.31. The van der Waals surface area contributed by atoms with Crippen molar-refractivity contribution in [2.45, 2.75) is 17.7 Å². The molecular weight excluding hydrogens is 350 g/mol. The van der Waals surface area contributed by atoms with Crippen LogP contribution in [0.2, 0.25) is 5.02 Å². The number of ether oxygens (including phenoxy) is 1. The third-order valence-corrected chi connectivity index (χ3v) is 5.85. The van der Waals surface area contributed by atoms with E-state index in [0.29, 0.717) is 16.5 Å². The molecule has 0 unspecified atom stereocenters. The number of halogens is 1. The summed E-state index contributed by atoms with van der Waals surface area (Å²) in [5, 5.41) is 0.471. The van der Waals surface area contributed by atoms with Crippen LogP contribution in [0.5, 0.6) is 5.75 Å². The molecule has 0 N–H and O–H groups in total. The lowest BCUT2D eigenvalue weighted by Crippen LogP contribution is -2.26. The Kier molecular flexibility index (Phi) is 4.51. The maximum absolute atomic E-state index is 12.6. The molecule has 1 aliphatic rings. The van der Waals surface area contributed by atoms with Crippen molar-refractivity contribution in [1.82, 2.24) is 0 Å². The van der Waals surface area contributed by atoms with Crippen LogP contribution in [0.3, 0.4) is 0 Å². The third-order valence-electron chi connectivity index (χ3n) is 3.80. The fraction of sp³-hybridized carbons (Fsp3) is 0.235. The summed E-state index contributed by atoms with van der Waals surface area (Å²) in [7, 11) is -2.21. The number of carbonyl (C=O) groups excluding carboxylic acids is 1. The molecule has 126 valence electrons. The lowest BCUT2D eigenvalue weighted by molar-refractivity contribution is -0.135. The normalized spacial score (nSPS) is 14.2. The van der Waals surface area contributed by atoms with Crippen LogP contribution in [0.4, 0.5) is 5.69 Å². The molecule has 7 heteroatoms. The summed E-state index contributed by atoms with van der Waals surface area (Å²) >= 11 is 5.79. The molecule has 0 saturated heterocycles. The topological polar surface area (TPSA) is 63.7 Å². The number of benzene rings is 2. The second-order valence-corrected chi connectivity index (χ2v) is 8.02. The summed E-state index contributed by atoms with van der Waals surface area (Å²) in [5.74, 6) is 0.190. The van der Waals surface area contributed by atoms with Crippen LogP contribution in [0, 0.1) is 5.92 Å². The van der Waals surface area contributed by atoms with Gasteiger partial charge in [0.1, 0.15) is 5.75 Å². The lowest BCUT2D eigenvalue weighted by atomic mass is 10.3. The van der Waals surface area contributed by atoms with Crippen molar-refractivity contribution in [2.24, 2.45) is 5.92 Å². The summed E-state index contributed by atoms with van der Waals surface area (Å²) in [6.45, 7) is 0. The molecular formula is C17H16ClNO4S. The molecule has 1 saturated carbocycles. The Morgan fingerprint density at radius 2 is 1.67 bits per heavy atom. The Balaban J connectivity index is 1.77. The summed E-state index contributed by atoms with van der Waals surface area (Å²) in [6, 6.07) is 12.4. The van der Waals surface area contributed by atoms with Crippen molar-refractivity contribution in [1.29, 1.82) is 0 Å². The van der Waals surface area contributed by atoms with Crippen LogP contribution in [-0.2, 0) is 14.8 Å². The minimum atomic E-state index is -3.68. The van der Waals surface area contributed by atoms with Crippen LogP contribution in [-0.4, -0.2) is 21.4 Å². The van der Waals surface area contributed by atoms with Gasteiger partial charge >= 0.3 is 5.97 Å². The quantitative estimate of drug-likeness (QED) is 0.601. The van der Waals surface area contributed by atoms with Crippen LogP contribution in [0.15, 0.2) is 53.4 Å². The molecule has 0 aromatic heterocycles. The van der Waals surface area contributed by atoms with E-state index in [-0.39, 0.29) is 16.8 Å². The zero-order valence-corrected chi connectivity index (χ0v) is 14.5. The molecule has 0 amide bonds. The first-order valence-electron chi connectivity index (χ1n) is 7.44. The van der Waals surface area contributed by atoms with E-state index in [1.54, 1.807) is 24.3 Å². The largest absolute Gasteiger partial charge is 0.426 e. The predicted molar refractivity (Wildman–Crippen MR) is 91.8 cm³/mol. The van der Waals surface area contributed by atoms with Gasteiger partial charge in [0.15, 0.2) is 0 Å². The molecule has 1 fully saturated rings. The molecule has 2 aromatic rings. The molecule has 2 aromatic carbocycles. The van der Waals surface area contributed by atoms with Gasteiger partial charge in [0.05, 0.1) is 16.5 Å². The average molecular weight is 366 g/mol. The Bertz CT molecular complexity index is 843. The van der Waals surface area contributed by atoms with E-state index in [2.05, 4.69) is 0 Å². The number of carbonyl (C=O) groups is 1. The number of rotatable bonds is 5. The van der Waals surface area contributed by atoms with Gasteiger partial charge in [-0.15, -0.1) is 0 Å². The standard InChI is InChI=1S/C17H16ClNO4S/c1-19(24(21,22)16-10-4-13(18)5-11-16)14-6-8-15(9-7-14)23-17(20)12-2-3-12/h4-12H,2-3H2,1H3. The summed E-state index contributed by atoms with van der Waals surface area (Å²) in [5.41, 5.74) is 0.469. The van der Waals surface area contributed by atoms with Crippen LogP contribution < -0.4 is 9.04 Å². The SMILES string of the molecule is CN(c1ccc(OC(=O)C2CC2)cc1)S(=O)(=O)c1ccc(Cl)cc1. The van der Waals surface area contributed by atoms with Gasteiger partial charge in [0.2, 0.25) is 0 Å². The summed E-state index contributed by atoms with van der Waals surface area (Å²) in [4.78, 5) is 11.8. The van der Waals surface area contributed by atoms with Gasteiger partial charge in [-0.05, 0) is 61.4 Å². The molecule has 5 nitrogen and oxygen atoms in total. The number of nitrogens with zero attached hydrogens (tertiary/aromatic N) is 1. The van der Waals surface area contributed by atoms with Gasteiger partial charge in [0.25, 0.3) is 10.0 Å². The number of sulfonamides is 1. The highest BCUT2D eigenvalue weighted by atomic mass is 35.5. The van der Waals surface area contributed by atoms with Crippen molar-refractivity contribution in [3.8, 4) is 5.75 Å². The Morgan fingerprint density at radius 1 is 1.08 bits per heavy atom. The van der Waals surface area contributed by atoms with E-state index in [4.69, 9.17) is 16.3 Å². The fourth-order valence-electron chi connectivity index (χ4n) is 2.15. The van der Waals surface area contributed by atoms with E-state index < -0.39 is 10.0 Å². The minimum Gasteiger partial charge on any atom is -0.426 e. The van der Waals surface area contributed by atoms with Crippen LogP contribution in [0.25, 0.3) is 0 Å². The fourth-order valence-corrected chi connectivity index (χ4v) is 3.47. The van der Waals surface area contributed by atoms with Crippen molar-refractivity contribution in [3.63, 3.8) is 0 Å². The van der Waals surface area contributed by atoms with E-state index in [1.165, 1.54) is 35.6 Å². The first-order valence-corrected chi connectivity index (χ1v) is 9.26. The van der Waals surface area contributed by atoms with Gasteiger partial charge in [-0.2, -0.15) is 0 Å². The minimum absolute atomic E-state index is 0.0117. The van der Waals surface area contributed by atoms with Crippen molar-refractivity contribution in [3.05, 3.63) is 53.6 Å². The van der Waals surface area contributed by atoms with Crippen LogP contribution in [0.1, 0.15) is 12.8 Å². The highest BCUT2D eigenvalue weighted by molar-refractivity contribution is 7.92. The Morgan fingerprint density at radius 3 is 2.21 bits per heavy atom. The molecule has 0 radical (unpaired) electrons. The van der Waals surface area contributed by atoms with E-state index in [9.17, 15) is 13.2 Å². The first-order chi connectivity index (χ1) is 11.4. The zero-order valence-electron chi connectivity index (χ0n) is 13.0. The molecule has 0 spiro atoms. The molecule has 24 heavy (non-hydrogen) atoms. The molecule has 0 aliphatic heterocycles. The van der Waals surface area contributed by atoms with Gasteiger partial charge in [-0.3, -0.25) is 9.10 Å². The van der Waals surface area contributed by atoms with Crippen molar-refractivity contribution in [2.75, 3.05) is 11.4 Å². The van der Waals surface area contributed by atoms with Gasteiger partial charge in [0, 0.05) is 12.1 Å². The lowest BCUT2D eigenvalue weighted by Gasteiger charge is -2.19. The number of hydrogen-bond acceptors (Lipinski definition) is 4. The average Bonchev–Trinajstić information content (AvgIpc) is 3.40. The second-order valence-electron chi connectivity index (χ2n) is 5.62. The van der Waals surface area contributed by atoms with E-state index in [1.807, 2.05) is 0 Å².